The van der Waals surface area contributed by atoms with E-state index in [-0.39, 0.29) is 17.3 Å². The van der Waals surface area contributed by atoms with E-state index >= 15 is 0 Å². The highest BCUT2D eigenvalue weighted by atomic mass is 35.5. The number of halogens is 1. The Morgan fingerprint density at radius 3 is 2.35 bits per heavy atom. The van der Waals surface area contributed by atoms with Crippen LogP contribution in [0.25, 0.3) is 0 Å². The van der Waals surface area contributed by atoms with Crippen molar-refractivity contribution in [3.8, 4) is 5.75 Å². The Morgan fingerprint density at radius 1 is 1.03 bits per heavy atom. The van der Waals surface area contributed by atoms with Gasteiger partial charge >= 0.3 is 0 Å². The number of thioether (sulfide) groups is 1. The fraction of sp³-hybridized carbons (Fsp3) is 0.240. The summed E-state index contributed by atoms with van der Waals surface area (Å²) in [6, 6.07) is 20.6. The smallest absolute Gasteiger partial charge is 0.264 e. The molecule has 3 aromatic carbocycles. The minimum Gasteiger partial charge on any atom is -0.497 e. The molecule has 0 unspecified atom stereocenters. The standard InChI is InChI=1S/C25H27ClN2O4S2/c1-19-5-3-4-6-20(19)18-33-16-15-27-25(29)17-28(22-9-7-21(26)8-10-22)34(30,31)24-13-11-23(32-2)12-14-24/h3-14H,15-18H2,1-2H3,(H,27,29). The lowest BCUT2D eigenvalue weighted by atomic mass is 10.1. The number of methoxy groups -OCH3 is 1. The molecule has 0 aromatic heterocycles. The molecule has 0 atom stereocenters. The molecule has 3 rings (SSSR count). The number of nitrogens with one attached hydrogen (secondary N) is 1. The van der Waals surface area contributed by atoms with Crippen LogP contribution in [0.5, 0.6) is 5.75 Å². The molecule has 0 aliphatic heterocycles. The Morgan fingerprint density at radius 2 is 1.71 bits per heavy atom. The summed E-state index contributed by atoms with van der Waals surface area (Å²) >= 11 is 7.69. The molecule has 0 spiro atoms. The predicted octanol–water partition coefficient (Wildman–Crippen LogP) is 4.90. The third kappa shape index (κ3) is 6.91. The molecule has 3 aromatic rings. The summed E-state index contributed by atoms with van der Waals surface area (Å²) in [5, 5.41) is 3.30. The molecule has 34 heavy (non-hydrogen) atoms. The van der Waals surface area contributed by atoms with Gasteiger partial charge in [-0.15, -0.1) is 0 Å². The van der Waals surface area contributed by atoms with E-state index in [1.54, 1.807) is 48.2 Å². The molecule has 0 saturated carbocycles. The Labute approximate surface area is 210 Å². The van der Waals surface area contributed by atoms with Crippen LogP contribution in [-0.2, 0) is 20.6 Å². The van der Waals surface area contributed by atoms with E-state index in [2.05, 4.69) is 24.4 Å². The van der Waals surface area contributed by atoms with Gasteiger partial charge in [-0.3, -0.25) is 9.10 Å². The average Bonchev–Trinajstić information content (AvgIpc) is 2.84. The van der Waals surface area contributed by atoms with Gasteiger partial charge in [-0.05, 0) is 66.6 Å². The van der Waals surface area contributed by atoms with Crippen LogP contribution in [0.3, 0.4) is 0 Å². The van der Waals surface area contributed by atoms with Gasteiger partial charge in [0.05, 0.1) is 17.7 Å². The van der Waals surface area contributed by atoms with Crippen LogP contribution in [0.2, 0.25) is 5.02 Å². The number of ether oxygens (including phenoxy) is 1. The van der Waals surface area contributed by atoms with E-state index in [1.807, 2.05) is 12.1 Å². The van der Waals surface area contributed by atoms with E-state index in [9.17, 15) is 13.2 Å². The SMILES string of the molecule is COc1ccc(S(=O)(=O)N(CC(=O)NCCSCc2ccccc2C)c2ccc(Cl)cc2)cc1. The zero-order valence-corrected chi connectivity index (χ0v) is 21.4. The van der Waals surface area contributed by atoms with E-state index in [1.165, 1.54) is 30.4 Å². The number of nitrogens with zero attached hydrogens (tertiary/aromatic N) is 1. The molecule has 0 heterocycles. The van der Waals surface area contributed by atoms with E-state index < -0.39 is 10.0 Å². The molecule has 1 amide bonds. The Balaban J connectivity index is 1.66. The van der Waals surface area contributed by atoms with Crippen molar-refractivity contribution in [2.45, 2.75) is 17.6 Å². The summed E-state index contributed by atoms with van der Waals surface area (Å²) in [5.41, 5.74) is 2.85. The summed E-state index contributed by atoms with van der Waals surface area (Å²) in [6.07, 6.45) is 0. The lowest BCUT2D eigenvalue weighted by Gasteiger charge is -2.24. The average molecular weight is 519 g/mol. The van der Waals surface area contributed by atoms with Crippen molar-refractivity contribution in [2.24, 2.45) is 0 Å². The van der Waals surface area contributed by atoms with E-state index in [0.29, 0.717) is 28.8 Å². The Bertz CT molecular complexity index is 1200. The molecule has 6 nitrogen and oxygen atoms in total. The van der Waals surface area contributed by atoms with Crippen LogP contribution < -0.4 is 14.4 Å². The van der Waals surface area contributed by atoms with Gasteiger partial charge in [0.2, 0.25) is 5.91 Å². The minimum atomic E-state index is -3.99. The number of aryl methyl sites for hydroxylation is 1. The quantitative estimate of drug-likeness (QED) is 0.365. The van der Waals surface area contributed by atoms with Gasteiger partial charge in [-0.25, -0.2) is 8.42 Å². The highest BCUT2D eigenvalue weighted by Crippen LogP contribution is 2.26. The van der Waals surface area contributed by atoms with Crippen molar-refractivity contribution >= 4 is 45.0 Å². The fourth-order valence-electron chi connectivity index (χ4n) is 3.20. The number of benzene rings is 3. The maximum atomic E-state index is 13.4. The summed E-state index contributed by atoms with van der Waals surface area (Å²) < 4.78 is 33.0. The third-order valence-electron chi connectivity index (χ3n) is 5.14. The van der Waals surface area contributed by atoms with Crippen molar-refractivity contribution in [1.82, 2.24) is 5.32 Å². The second kappa shape index (κ2) is 12.1. The number of hydrogen-bond acceptors (Lipinski definition) is 5. The van der Waals surface area contributed by atoms with E-state index in [0.717, 1.165) is 10.1 Å². The normalized spacial score (nSPS) is 11.1. The number of rotatable bonds is 11. The molecule has 0 aliphatic rings. The third-order valence-corrected chi connectivity index (χ3v) is 8.18. The first-order valence-electron chi connectivity index (χ1n) is 10.6. The van der Waals surface area contributed by atoms with Gasteiger partial charge in [-0.1, -0.05) is 35.9 Å². The van der Waals surface area contributed by atoms with Crippen LogP contribution in [0.15, 0.2) is 77.7 Å². The van der Waals surface area contributed by atoms with Crippen molar-refractivity contribution in [3.05, 3.63) is 88.9 Å². The second-order valence-electron chi connectivity index (χ2n) is 7.49. The lowest BCUT2D eigenvalue weighted by Crippen LogP contribution is -2.41. The minimum absolute atomic E-state index is 0.0600. The Kier molecular flexibility index (Phi) is 9.27. The zero-order chi connectivity index (χ0) is 24.6. The summed E-state index contributed by atoms with van der Waals surface area (Å²) in [6.45, 7) is 2.16. The highest BCUT2D eigenvalue weighted by molar-refractivity contribution is 7.98. The molecular weight excluding hydrogens is 492 g/mol. The van der Waals surface area contributed by atoms with E-state index in [4.69, 9.17) is 16.3 Å². The Hall–Kier alpha value is -2.68. The predicted molar refractivity (Wildman–Crippen MR) is 139 cm³/mol. The molecule has 0 bridgehead atoms. The maximum absolute atomic E-state index is 13.4. The van der Waals surface area contributed by atoms with Crippen LogP contribution in [0.4, 0.5) is 5.69 Å². The van der Waals surface area contributed by atoms with Crippen LogP contribution in [0.1, 0.15) is 11.1 Å². The zero-order valence-electron chi connectivity index (χ0n) is 19.0. The largest absolute Gasteiger partial charge is 0.497 e. The van der Waals surface area contributed by atoms with Crippen molar-refractivity contribution in [3.63, 3.8) is 0 Å². The van der Waals surface area contributed by atoms with Crippen LogP contribution in [0, 0.1) is 6.92 Å². The van der Waals surface area contributed by atoms with Gasteiger partial charge in [0.1, 0.15) is 12.3 Å². The number of hydrogen-bond donors (Lipinski definition) is 1. The number of sulfonamides is 1. The van der Waals surface area contributed by atoms with Crippen LogP contribution >= 0.6 is 23.4 Å². The first-order valence-corrected chi connectivity index (χ1v) is 13.6. The molecule has 0 saturated heterocycles. The van der Waals surface area contributed by atoms with Gasteiger partial charge < -0.3 is 10.1 Å². The maximum Gasteiger partial charge on any atom is 0.264 e. The topological polar surface area (TPSA) is 75.7 Å². The molecule has 0 radical (unpaired) electrons. The van der Waals surface area contributed by atoms with Crippen molar-refractivity contribution < 1.29 is 17.9 Å². The fourth-order valence-corrected chi connectivity index (χ4v) is 5.68. The number of amides is 1. The molecule has 0 fully saturated rings. The van der Waals surface area contributed by atoms with Crippen molar-refractivity contribution in [2.75, 3.05) is 30.3 Å². The molecule has 9 heteroatoms. The summed E-state index contributed by atoms with van der Waals surface area (Å²) in [4.78, 5) is 12.7. The van der Waals surface area contributed by atoms with Crippen LogP contribution in [-0.4, -0.2) is 40.3 Å². The monoisotopic (exact) mass is 518 g/mol. The number of carbonyl (C=O) groups is 1. The van der Waals surface area contributed by atoms with Gasteiger partial charge in [0.15, 0.2) is 0 Å². The summed E-state index contributed by atoms with van der Waals surface area (Å²) in [5.74, 6) is 1.72. The molecule has 0 aliphatic carbocycles. The number of anilines is 1. The molecule has 180 valence electrons. The lowest BCUT2D eigenvalue weighted by molar-refractivity contribution is -0.119. The summed E-state index contributed by atoms with van der Waals surface area (Å²) in [7, 11) is -2.49. The van der Waals surface area contributed by atoms with Gasteiger partial charge in [0.25, 0.3) is 10.0 Å². The molecule has 1 N–H and O–H groups in total. The number of carbonyl (C=O) groups excluding carboxylic acids is 1. The first-order chi connectivity index (χ1) is 16.3. The highest BCUT2D eigenvalue weighted by Gasteiger charge is 2.27. The second-order valence-corrected chi connectivity index (χ2v) is 10.9. The molecular formula is C25H27ClN2O4S2. The van der Waals surface area contributed by atoms with Gasteiger partial charge in [0, 0.05) is 23.1 Å². The van der Waals surface area contributed by atoms with Gasteiger partial charge in [-0.2, -0.15) is 11.8 Å². The van der Waals surface area contributed by atoms with Crippen molar-refractivity contribution in [1.29, 1.82) is 0 Å². The first kappa shape index (κ1) is 25.9.